The molecule has 2 unspecified atom stereocenters. The van der Waals surface area contributed by atoms with Gasteiger partial charge in [-0.2, -0.15) is 0 Å². The minimum atomic E-state index is 0.544. The van der Waals surface area contributed by atoms with Gasteiger partial charge in [0.25, 0.3) is 0 Å². The van der Waals surface area contributed by atoms with Crippen LogP contribution in [0.4, 0.5) is 11.6 Å². The van der Waals surface area contributed by atoms with E-state index in [9.17, 15) is 0 Å². The van der Waals surface area contributed by atoms with Crippen molar-refractivity contribution in [1.29, 1.82) is 0 Å². The molecule has 0 saturated heterocycles. The molecule has 1 aromatic rings. The molecule has 1 aliphatic carbocycles. The average Bonchev–Trinajstić information content (AvgIpc) is 2.26. The number of nitrogens with one attached hydrogen (secondary N) is 2. The van der Waals surface area contributed by atoms with E-state index < -0.39 is 0 Å². The largest absolute Gasteiger partial charge is 0.373 e. The Morgan fingerprint density at radius 1 is 1.06 bits per heavy atom. The average molecular weight is 248 g/mol. The second-order valence-electron chi connectivity index (χ2n) is 5.69. The fourth-order valence-corrected chi connectivity index (χ4v) is 3.04. The summed E-state index contributed by atoms with van der Waals surface area (Å²) in [7, 11) is 1.89. The highest BCUT2D eigenvalue weighted by molar-refractivity contribution is 5.47. The highest BCUT2D eigenvalue weighted by Gasteiger charge is 2.24. The van der Waals surface area contributed by atoms with E-state index in [2.05, 4.69) is 34.4 Å². The summed E-state index contributed by atoms with van der Waals surface area (Å²) in [6, 6.07) is 2.53. The Morgan fingerprint density at radius 2 is 1.67 bits per heavy atom. The van der Waals surface area contributed by atoms with Gasteiger partial charge < -0.3 is 10.6 Å². The van der Waals surface area contributed by atoms with E-state index >= 15 is 0 Å². The summed E-state index contributed by atoms with van der Waals surface area (Å²) in [4.78, 5) is 8.78. The van der Waals surface area contributed by atoms with Gasteiger partial charge in [0, 0.05) is 19.2 Å². The number of rotatable bonds is 3. The van der Waals surface area contributed by atoms with Crippen molar-refractivity contribution in [2.45, 2.75) is 46.1 Å². The van der Waals surface area contributed by atoms with Crippen molar-refractivity contribution in [2.24, 2.45) is 11.8 Å². The van der Waals surface area contributed by atoms with Crippen LogP contribution in [0.25, 0.3) is 0 Å². The van der Waals surface area contributed by atoms with E-state index in [1.807, 2.05) is 20.0 Å². The first-order valence-corrected chi connectivity index (χ1v) is 6.86. The molecule has 1 heterocycles. The van der Waals surface area contributed by atoms with Crippen LogP contribution in [0.5, 0.6) is 0 Å². The monoisotopic (exact) mass is 248 g/mol. The molecule has 0 aromatic carbocycles. The second kappa shape index (κ2) is 5.55. The highest BCUT2D eigenvalue weighted by atomic mass is 15.1. The molecule has 1 saturated carbocycles. The summed E-state index contributed by atoms with van der Waals surface area (Å²) in [5.41, 5.74) is 0. The molecule has 18 heavy (non-hydrogen) atoms. The minimum Gasteiger partial charge on any atom is -0.373 e. The number of hydrogen-bond acceptors (Lipinski definition) is 4. The molecule has 1 aromatic heterocycles. The topological polar surface area (TPSA) is 49.8 Å². The Balaban J connectivity index is 2.06. The Hall–Kier alpha value is -1.32. The molecule has 2 rings (SSSR count). The maximum Gasteiger partial charge on any atom is 0.132 e. The van der Waals surface area contributed by atoms with Crippen molar-refractivity contribution in [3.63, 3.8) is 0 Å². The third kappa shape index (κ3) is 3.34. The number of aromatic nitrogens is 2. The van der Waals surface area contributed by atoms with E-state index in [1.54, 1.807) is 0 Å². The lowest BCUT2D eigenvalue weighted by Crippen LogP contribution is -2.30. The van der Waals surface area contributed by atoms with Crippen molar-refractivity contribution in [2.75, 3.05) is 17.7 Å². The maximum atomic E-state index is 4.46. The van der Waals surface area contributed by atoms with Crippen molar-refractivity contribution in [3.05, 3.63) is 11.9 Å². The zero-order chi connectivity index (χ0) is 13.1. The molecule has 4 nitrogen and oxygen atoms in total. The summed E-state index contributed by atoms with van der Waals surface area (Å²) < 4.78 is 0. The first kappa shape index (κ1) is 13.1. The zero-order valence-electron chi connectivity index (χ0n) is 11.8. The van der Waals surface area contributed by atoms with Crippen molar-refractivity contribution < 1.29 is 0 Å². The van der Waals surface area contributed by atoms with Gasteiger partial charge >= 0.3 is 0 Å². The molecule has 0 radical (unpaired) electrons. The molecule has 4 heteroatoms. The van der Waals surface area contributed by atoms with Crippen LogP contribution in [0.3, 0.4) is 0 Å². The SMILES string of the molecule is CNc1cc(NC2CC(C)CC(C)C2)nc(C)n1. The minimum absolute atomic E-state index is 0.544. The Bertz CT molecular complexity index is 395. The molecule has 100 valence electrons. The number of anilines is 2. The van der Waals surface area contributed by atoms with Crippen LogP contribution in [0.2, 0.25) is 0 Å². The van der Waals surface area contributed by atoms with Crippen LogP contribution in [0.1, 0.15) is 38.9 Å². The third-order valence-corrected chi connectivity index (χ3v) is 3.62. The second-order valence-corrected chi connectivity index (χ2v) is 5.69. The predicted octanol–water partition coefficient (Wildman–Crippen LogP) is 3.06. The van der Waals surface area contributed by atoms with E-state index in [4.69, 9.17) is 0 Å². The quantitative estimate of drug-likeness (QED) is 0.863. The van der Waals surface area contributed by atoms with Gasteiger partial charge in [-0.15, -0.1) is 0 Å². The molecule has 0 bridgehead atoms. The highest BCUT2D eigenvalue weighted by Crippen LogP contribution is 2.30. The number of aryl methyl sites for hydroxylation is 1. The van der Waals surface area contributed by atoms with E-state index in [1.165, 1.54) is 19.3 Å². The first-order chi connectivity index (χ1) is 8.56. The van der Waals surface area contributed by atoms with Gasteiger partial charge in [-0.25, -0.2) is 9.97 Å². The van der Waals surface area contributed by atoms with Gasteiger partial charge in [-0.1, -0.05) is 13.8 Å². The maximum absolute atomic E-state index is 4.46. The summed E-state index contributed by atoms with van der Waals surface area (Å²) in [6.07, 6.45) is 3.83. The van der Waals surface area contributed by atoms with Gasteiger partial charge in [0.2, 0.25) is 0 Å². The Kier molecular flexibility index (Phi) is 4.04. The molecule has 1 aliphatic rings. The fourth-order valence-electron chi connectivity index (χ4n) is 3.04. The van der Waals surface area contributed by atoms with Crippen LogP contribution in [0.15, 0.2) is 6.07 Å². The third-order valence-electron chi connectivity index (χ3n) is 3.62. The van der Waals surface area contributed by atoms with E-state index in [0.717, 1.165) is 29.3 Å². The Morgan fingerprint density at radius 3 is 2.28 bits per heavy atom. The van der Waals surface area contributed by atoms with Gasteiger partial charge in [0.15, 0.2) is 0 Å². The molecule has 2 atom stereocenters. The predicted molar refractivity (Wildman–Crippen MR) is 75.9 cm³/mol. The normalized spacial score (nSPS) is 27.9. The molecule has 1 fully saturated rings. The lowest BCUT2D eigenvalue weighted by Gasteiger charge is -2.32. The van der Waals surface area contributed by atoms with Crippen LogP contribution in [0, 0.1) is 18.8 Å². The lowest BCUT2D eigenvalue weighted by atomic mass is 9.80. The fraction of sp³-hybridized carbons (Fsp3) is 0.714. The van der Waals surface area contributed by atoms with Crippen molar-refractivity contribution >= 4 is 11.6 Å². The summed E-state index contributed by atoms with van der Waals surface area (Å²) >= 11 is 0. The van der Waals surface area contributed by atoms with Crippen molar-refractivity contribution in [3.8, 4) is 0 Å². The summed E-state index contributed by atoms with van der Waals surface area (Å²) in [5, 5.41) is 6.64. The van der Waals surface area contributed by atoms with Crippen LogP contribution in [-0.4, -0.2) is 23.1 Å². The van der Waals surface area contributed by atoms with Crippen LogP contribution in [-0.2, 0) is 0 Å². The smallest absolute Gasteiger partial charge is 0.132 e. The number of hydrogen-bond donors (Lipinski definition) is 2. The molecule has 2 N–H and O–H groups in total. The van der Waals surface area contributed by atoms with Crippen LogP contribution < -0.4 is 10.6 Å². The summed E-state index contributed by atoms with van der Waals surface area (Å²) in [5.74, 6) is 4.23. The first-order valence-electron chi connectivity index (χ1n) is 6.86. The van der Waals surface area contributed by atoms with Gasteiger partial charge in [0.1, 0.15) is 17.5 Å². The Labute approximate surface area is 110 Å². The molecule has 0 spiro atoms. The molecule has 0 amide bonds. The van der Waals surface area contributed by atoms with Crippen molar-refractivity contribution in [1.82, 2.24) is 9.97 Å². The summed E-state index contributed by atoms with van der Waals surface area (Å²) in [6.45, 7) is 6.61. The van der Waals surface area contributed by atoms with E-state index in [0.29, 0.717) is 6.04 Å². The van der Waals surface area contributed by atoms with E-state index in [-0.39, 0.29) is 0 Å². The van der Waals surface area contributed by atoms with Gasteiger partial charge in [-0.3, -0.25) is 0 Å². The molecule has 0 aliphatic heterocycles. The van der Waals surface area contributed by atoms with Gasteiger partial charge in [-0.05, 0) is 38.0 Å². The molecular formula is C14H24N4. The lowest BCUT2D eigenvalue weighted by molar-refractivity contribution is 0.280. The van der Waals surface area contributed by atoms with Crippen LogP contribution >= 0.6 is 0 Å². The zero-order valence-corrected chi connectivity index (χ0v) is 11.8. The number of nitrogens with zero attached hydrogens (tertiary/aromatic N) is 2. The molecular weight excluding hydrogens is 224 g/mol. The van der Waals surface area contributed by atoms with Gasteiger partial charge in [0.05, 0.1) is 0 Å². The standard InChI is InChI=1S/C14H24N4/c1-9-5-10(2)7-12(6-9)18-14-8-13(15-4)16-11(3)17-14/h8-10,12H,5-7H2,1-4H3,(H2,15,16,17,18).